The van der Waals surface area contributed by atoms with Crippen molar-refractivity contribution >= 4 is 17.3 Å². The summed E-state index contributed by atoms with van der Waals surface area (Å²) in [6.07, 6.45) is 0. The molecule has 0 bridgehead atoms. The molecule has 0 saturated carbocycles. The summed E-state index contributed by atoms with van der Waals surface area (Å²) in [7, 11) is 0. The number of alkyl halides is 2. The third-order valence-corrected chi connectivity index (χ3v) is 3.10. The summed E-state index contributed by atoms with van der Waals surface area (Å²) in [5, 5.41) is 11.9. The van der Waals surface area contributed by atoms with Gasteiger partial charge in [0.25, 0.3) is 0 Å². The molecule has 22 heavy (non-hydrogen) atoms. The van der Waals surface area contributed by atoms with Crippen LogP contribution in [0.2, 0.25) is 5.02 Å². The molecule has 1 unspecified atom stereocenters. The maximum Gasteiger partial charge on any atom is 0.387 e. The molecule has 0 aliphatic carbocycles. The lowest BCUT2D eigenvalue weighted by molar-refractivity contribution is -0.0504. The standard InChI is InChI=1S/C15H10ClF3N2O/c16-11-7-9(5-6-12(11)17)21-13(8-20)10-3-1-2-4-14(10)22-15(18)19/h1-7,13,15,21H. The molecule has 0 aliphatic heterocycles. The summed E-state index contributed by atoms with van der Waals surface area (Å²) >= 11 is 5.66. The minimum Gasteiger partial charge on any atom is -0.434 e. The SMILES string of the molecule is N#CC(Nc1ccc(F)c(Cl)c1)c1ccccc1OC(F)F. The highest BCUT2D eigenvalue weighted by atomic mass is 35.5. The average Bonchev–Trinajstić information content (AvgIpc) is 2.48. The maximum atomic E-state index is 13.1. The molecule has 0 spiro atoms. The number of para-hydroxylation sites is 1. The van der Waals surface area contributed by atoms with E-state index < -0.39 is 18.5 Å². The maximum absolute atomic E-state index is 13.1. The number of ether oxygens (including phenoxy) is 1. The van der Waals surface area contributed by atoms with E-state index in [4.69, 9.17) is 11.6 Å². The van der Waals surface area contributed by atoms with Gasteiger partial charge in [-0.05, 0) is 24.3 Å². The normalized spacial score (nSPS) is 11.8. The summed E-state index contributed by atoms with van der Waals surface area (Å²) in [5.41, 5.74) is 0.621. The van der Waals surface area contributed by atoms with Crippen molar-refractivity contribution in [2.45, 2.75) is 12.7 Å². The van der Waals surface area contributed by atoms with E-state index in [0.717, 1.165) is 6.07 Å². The third-order valence-electron chi connectivity index (χ3n) is 2.81. The van der Waals surface area contributed by atoms with Crippen LogP contribution < -0.4 is 10.1 Å². The second-order valence-electron chi connectivity index (χ2n) is 4.25. The first-order chi connectivity index (χ1) is 10.5. The largest absolute Gasteiger partial charge is 0.434 e. The van der Waals surface area contributed by atoms with Crippen LogP contribution in [0.5, 0.6) is 5.75 Å². The van der Waals surface area contributed by atoms with E-state index in [2.05, 4.69) is 10.1 Å². The molecule has 3 nitrogen and oxygen atoms in total. The number of hydrogen-bond donors (Lipinski definition) is 1. The average molecular weight is 327 g/mol. The van der Waals surface area contributed by atoms with E-state index >= 15 is 0 Å². The Morgan fingerprint density at radius 2 is 1.91 bits per heavy atom. The Bertz CT molecular complexity index is 703. The van der Waals surface area contributed by atoms with E-state index in [1.165, 1.54) is 30.3 Å². The van der Waals surface area contributed by atoms with Crippen molar-refractivity contribution in [1.29, 1.82) is 5.26 Å². The van der Waals surface area contributed by atoms with E-state index in [9.17, 15) is 18.4 Å². The lowest BCUT2D eigenvalue weighted by Crippen LogP contribution is -2.12. The van der Waals surface area contributed by atoms with Crippen molar-refractivity contribution in [3.05, 3.63) is 58.9 Å². The Hall–Kier alpha value is -2.39. The van der Waals surface area contributed by atoms with E-state index in [0.29, 0.717) is 5.69 Å². The summed E-state index contributed by atoms with van der Waals surface area (Å²) < 4.78 is 42.3. The van der Waals surface area contributed by atoms with Gasteiger partial charge in [-0.25, -0.2) is 4.39 Å². The van der Waals surface area contributed by atoms with Crippen LogP contribution in [-0.2, 0) is 0 Å². The summed E-state index contributed by atoms with van der Waals surface area (Å²) in [6, 6.07) is 10.8. The molecule has 1 atom stereocenters. The molecule has 114 valence electrons. The van der Waals surface area contributed by atoms with Gasteiger partial charge in [0, 0.05) is 11.3 Å². The topological polar surface area (TPSA) is 45.0 Å². The molecule has 0 heterocycles. The zero-order chi connectivity index (χ0) is 16.1. The minimum atomic E-state index is -3.00. The molecule has 0 fully saturated rings. The first-order valence-electron chi connectivity index (χ1n) is 6.16. The summed E-state index contributed by atoms with van der Waals surface area (Å²) in [6.45, 7) is -3.00. The predicted molar refractivity (Wildman–Crippen MR) is 76.5 cm³/mol. The van der Waals surface area contributed by atoms with Crippen LogP contribution in [0.15, 0.2) is 42.5 Å². The monoisotopic (exact) mass is 326 g/mol. The molecule has 0 aromatic heterocycles. The van der Waals surface area contributed by atoms with Crippen LogP contribution in [0, 0.1) is 17.1 Å². The number of nitrogens with zero attached hydrogens (tertiary/aromatic N) is 1. The molecular weight excluding hydrogens is 317 g/mol. The Kier molecular flexibility index (Phi) is 5.12. The lowest BCUT2D eigenvalue weighted by Gasteiger charge is -2.17. The van der Waals surface area contributed by atoms with Crippen molar-refractivity contribution in [3.63, 3.8) is 0 Å². The highest BCUT2D eigenvalue weighted by Gasteiger charge is 2.18. The van der Waals surface area contributed by atoms with Crippen LogP contribution in [0.3, 0.4) is 0 Å². The number of rotatable bonds is 5. The molecule has 2 aromatic carbocycles. The fraction of sp³-hybridized carbons (Fsp3) is 0.133. The Labute approximate surface area is 129 Å². The van der Waals surface area contributed by atoms with Crippen LogP contribution in [0.4, 0.5) is 18.9 Å². The first-order valence-corrected chi connectivity index (χ1v) is 6.54. The van der Waals surface area contributed by atoms with Crippen molar-refractivity contribution in [1.82, 2.24) is 0 Å². The molecule has 0 radical (unpaired) electrons. The van der Waals surface area contributed by atoms with Gasteiger partial charge >= 0.3 is 6.61 Å². The van der Waals surface area contributed by atoms with Crippen LogP contribution in [0.25, 0.3) is 0 Å². The molecule has 2 aromatic rings. The molecular formula is C15H10ClF3N2O. The Morgan fingerprint density at radius 1 is 1.18 bits per heavy atom. The van der Waals surface area contributed by atoms with Crippen molar-refractivity contribution in [2.75, 3.05) is 5.32 Å². The zero-order valence-electron chi connectivity index (χ0n) is 11.1. The second kappa shape index (κ2) is 7.05. The molecule has 7 heteroatoms. The van der Waals surface area contributed by atoms with Gasteiger partial charge in [-0.2, -0.15) is 14.0 Å². The van der Waals surface area contributed by atoms with Crippen molar-refractivity contribution in [3.8, 4) is 11.8 Å². The van der Waals surface area contributed by atoms with Gasteiger partial charge in [0.2, 0.25) is 0 Å². The number of benzene rings is 2. The van der Waals surface area contributed by atoms with Crippen molar-refractivity contribution < 1.29 is 17.9 Å². The van der Waals surface area contributed by atoms with Gasteiger partial charge in [0.05, 0.1) is 11.1 Å². The molecule has 2 rings (SSSR count). The second-order valence-corrected chi connectivity index (χ2v) is 4.66. The van der Waals surface area contributed by atoms with Crippen molar-refractivity contribution in [2.24, 2.45) is 0 Å². The van der Waals surface area contributed by atoms with Gasteiger partial charge < -0.3 is 10.1 Å². The number of halogens is 4. The lowest BCUT2D eigenvalue weighted by atomic mass is 10.1. The summed E-state index contributed by atoms with van der Waals surface area (Å²) in [5.74, 6) is -0.702. The third kappa shape index (κ3) is 3.83. The van der Waals surface area contributed by atoms with Gasteiger partial charge in [-0.15, -0.1) is 0 Å². The van der Waals surface area contributed by atoms with Gasteiger partial charge in [0.15, 0.2) is 0 Å². The molecule has 0 saturated heterocycles. The zero-order valence-corrected chi connectivity index (χ0v) is 11.8. The van der Waals surface area contributed by atoms with Gasteiger partial charge in [-0.1, -0.05) is 29.8 Å². The van der Waals surface area contributed by atoms with Gasteiger partial charge in [-0.3, -0.25) is 0 Å². The van der Waals surface area contributed by atoms with E-state index in [-0.39, 0.29) is 16.3 Å². The first kappa shape index (κ1) is 16.0. The molecule has 1 N–H and O–H groups in total. The molecule has 0 aliphatic rings. The van der Waals surface area contributed by atoms with E-state index in [1.807, 2.05) is 6.07 Å². The fourth-order valence-corrected chi connectivity index (χ4v) is 2.04. The fourth-order valence-electron chi connectivity index (χ4n) is 1.85. The van der Waals surface area contributed by atoms with Crippen LogP contribution >= 0.6 is 11.6 Å². The highest BCUT2D eigenvalue weighted by Crippen LogP contribution is 2.30. The number of anilines is 1. The highest BCUT2D eigenvalue weighted by molar-refractivity contribution is 6.31. The molecule has 0 amide bonds. The van der Waals surface area contributed by atoms with Crippen LogP contribution in [-0.4, -0.2) is 6.61 Å². The Morgan fingerprint density at radius 3 is 2.55 bits per heavy atom. The smallest absolute Gasteiger partial charge is 0.387 e. The Balaban J connectivity index is 2.29. The van der Waals surface area contributed by atoms with Gasteiger partial charge in [0.1, 0.15) is 17.6 Å². The predicted octanol–water partition coefficient (Wildman–Crippen LogP) is 4.76. The summed E-state index contributed by atoms with van der Waals surface area (Å²) in [4.78, 5) is 0. The number of nitrogens with one attached hydrogen (secondary N) is 1. The minimum absolute atomic E-state index is 0.107. The van der Waals surface area contributed by atoms with Crippen LogP contribution in [0.1, 0.15) is 11.6 Å². The van der Waals surface area contributed by atoms with E-state index in [1.54, 1.807) is 6.07 Å². The number of nitriles is 1. The quantitative estimate of drug-likeness (QED) is 0.861. The number of hydrogen-bond acceptors (Lipinski definition) is 3.